The fourth-order valence-electron chi connectivity index (χ4n) is 4.59. The molecule has 1 amide bonds. The summed E-state index contributed by atoms with van der Waals surface area (Å²) in [6, 6.07) is 2.22. The molecular formula is C22H25N9O. The highest BCUT2D eigenvalue weighted by Gasteiger charge is 2.36. The molecule has 6 rings (SSSR count). The van der Waals surface area contributed by atoms with E-state index in [0.29, 0.717) is 18.3 Å². The lowest BCUT2D eigenvalue weighted by Crippen LogP contribution is -2.32. The highest BCUT2D eigenvalue weighted by molar-refractivity contribution is 5.88. The number of hydrogen-bond donors (Lipinski definition) is 1. The van der Waals surface area contributed by atoms with Crippen molar-refractivity contribution in [2.24, 2.45) is 13.0 Å². The SMILES string of the molecule is CCn1c(-c2cnc3c(cnn3C)c2)nc2c(N[C@H]3CCN(C(=O)C4CC4)C3)ncnc21. The standard InChI is InChI=1S/C22H25N9O/c1-3-31-20(14-8-15-10-26-29(2)19(15)23-9-14)28-17-18(24-12-25-21(17)31)27-16-6-7-30(11-16)22(32)13-4-5-13/h8-10,12-13,16H,3-7,11H2,1-2H3,(H,24,25,27)/t16-/m0/s1. The van der Waals surface area contributed by atoms with Crippen molar-refractivity contribution >= 4 is 33.9 Å². The van der Waals surface area contributed by atoms with Crippen molar-refractivity contribution in [1.82, 2.24) is 39.2 Å². The number of amides is 1. The fraction of sp³-hybridized carbons (Fsp3) is 0.455. The highest BCUT2D eigenvalue weighted by atomic mass is 16.2. The summed E-state index contributed by atoms with van der Waals surface area (Å²) >= 11 is 0. The van der Waals surface area contributed by atoms with Crippen molar-refractivity contribution in [1.29, 1.82) is 0 Å². The molecule has 0 aromatic carbocycles. The molecule has 10 nitrogen and oxygen atoms in total. The van der Waals surface area contributed by atoms with E-state index in [1.54, 1.807) is 11.0 Å². The van der Waals surface area contributed by atoms with Gasteiger partial charge in [-0.3, -0.25) is 9.48 Å². The van der Waals surface area contributed by atoms with Gasteiger partial charge >= 0.3 is 0 Å². The van der Waals surface area contributed by atoms with Gasteiger partial charge in [0.1, 0.15) is 12.2 Å². The summed E-state index contributed by atoms with van der Waals surface area (Å²) < 4.78 is 3.84. The molecule has 1 aliphatic heterocycles. The van der Waals surface area contributed by atoms with Crippen LogP contribution in [0.25, 0.3) is 33.6 Å². The van der Waals surface area contributed by atoms with Gasteiger partial charge < -0.3 is 14.8 Å². The van der Waals surface area contributed by atoms with Crippen molar-refractivity contribution in [2.45, 2.75) is 38.8 Å². The van der Waals surface area contributed by atoms with Crippen molar-refractivity contribution in [3.63, 3.8) is 0 Å². The largest absolute Gasteiger partial charge is 0.364 e. The number of nitrogens with zero attached hydrogens (tertiary/aromatic N) is 8. The van der Waals surface area contributed by atoms with Crippen molar-refractivity contribution in [3.05, 3.63) is 24.8 Å². The van der Waals surface area contributed by atoms with Crippen LogP contribution in [0.15, 0.2) is 24.8 Å². The molecule has 5 heterocycles. The Hall–Kier alpha value is -3.56. The van der Waals surface area contributed by atoms with E-state index in [0.717, 1.165) is 65.9 Å². The van der Waals surface area contributed by atoms with Crippen molar-refractivity contribution in [2.75, 3.05) is 18.4 Å². The Bertz CT molecular complexity index is 1340. The minimum absolute atomic E-state index is 0.166. The Labute approximate surface area is 184 Å². The first kappa shape index (κ1) is 19.1. The molecule has 2 aliphatic rings. The predicted molar refractivity (Wildman–Crippen MR) is 120 cm³/mol. The zero-order valence-electron chi connectivity index (χ0n) is 18.2. The van der Waals surface area contributed by atoms with Gasteiger partial charge in [0.05, 0.1) is 6.20 Å². The normalized spacial score (nSPS) is 18.7. The molecular weight excluding hydrogens is 406 g/mol. The quantitative estimate of drug-likeness (QED) is 0.516. The Morgan fingerprint density at radius 1 is 1.16 bits per heavy atom. The van der Waals surface area contributed by atoms with Gasteiger partial charge in [-0.25, -0.2) is 19.9 Å². The first-order valence-corrected chi connectivity index (χ1v) is 11.2. The number of likely N-dealkylation sites (tertiary alicyclic amines) is 1. The minimum Gasteiger partial charge on any atom is -0.364 e. The van der Waals surface area contributed by atoms with E-state index in [4.69, 9.17) is 4.98 Å². The molecule has 32 heavy (non-hydrogen) atoms. The van der Waals surface area contributed by atoms with Crippen LogP contribution in [0.2, 0.25) is 0 Å². The molecule has 0 spiro atoms. The molecule has 4 aromatic rings. The minimum atomic E-state index is 0.166. The third kappa shape index (κ3) is 3.09. The molecule has 164 valence electrons. The molecule has 0 bridgehead atoms. The number of aromatic nitrogens is 7. The van der Waals surface area contributed by atoms with E-state index < -0.39 is 0 Å². The molecule has 4 aromatic heterocycles. The lowest BCUT2D eigenvalue weighted by molar-refractivity contribution is -0.131. The van der Waals surface area contributed by atoms with Gasteiger partial charge in [-0.1, -0.05) is 0 Å². The molecule has 2 fully saturated rings. The average molecular weight is 432 g/mol. The van der Waals surface area contributed by atoms with Crippen LogP contribution in [-0.2, 0) is 18.4 Å². The monoisotopic (exact) mass is 431 g/mol. The molecule has 10 heteroatoms. The summed E-state index contributed by atoms with van der Waals surface area (Å²) in [6.45, 7) is 4.31. The fourth-order valence-corrected chi connectivity index (χ4v) is 4.59. The lowest BCUT2D eigenvalue weighted by atomic mass is 10.2. The zero-order valence-corrected chi connectivity index (χ0v) is 18.2. The molecule has 0 unspecified atom stereocenters. The second kappa shape index (κ2) is 7.25. The molecule has 1 saturated heterocycles. The highest BCUT2D eigenvalue weighted by Crippen LogP contribution is 2.33. The van der Waals surface area contributed by atoms with Gasteiger partial charge in [0.15, 0.2) is 22.6 Å². The number of carbonyl (C=O) groups excluding carboxylic acids is 1. The number of carbonyl (C=O) groups is 1. The summed E-state index contributed by atoms with van der Waals surface area (Å²) in [5.41, 5.74) is 3.28. The van der Waals surface area contributed by atoms with E-state index in [2.05, 4.69) is 42.9 Å². The smallest absolute Gasteiger partial charge is 0.225 e. The summed E-state index contributed by atoms with van der Waals surface area (Å²) in [4.78, 5) is 32.9. The molecule has 1 atom stereocenters. The van der Waals surface area contributed by atoms with Crippen LogP contribution in [0.5, 0.6) is 0 Å². The predicted octanol–water partition coefficient (Wildman–Crippen LogP) is 2.22. The van der Waals surface area contributed by atoms with Crippen LogP contribution in [0, 0.1) is 5.92 Å². The summed E-state index contributed by atoms with van der Waals surface area (Å²) in [7, 11) is 1.88. The summed E-state index contributed by atoms with van der Waals surface area (Å²) in [5.74, 6) is 2.08. The van der Waals surface area contributed by atoms with E-state index in [9.17, 15) is 4.79 Å². The second-order valence-corrected chi connectivity index (χ2v) is 8.67. The van der Waals surface area contributed by atoms with Crippen LogP contribution < -0.4 is 5.32 Å². The number of anilines is 1. The lowest BCUT2D eigenvalue weighted by Gasteiger charge is -2.17. The van der Waals surface area contributed by atoms with Crippen molar-refractivity contribution < 1.29 is 4.79 Å². The Kier molecular flexibility index (Phi) is 4.34. The number of fused-ring (bicyclic) bond motifs is 2. The number of aryl methyl sites for hydroxylation is 2. The van der Waals surface area contributed by atoms with Gasteiger partial charge in [0.25, 0.3) is 0 Å². The molecule has 0 radical (unpaired) electrons. The van der Waals surface area contributed by atoms with Gasteiger partial charge in [-0.2, -0.15) is 5.10 Å². The topological polar surface area (TPSA) is 107 Å². The number of hydrogen-bond acceptors (Lipinski definition) is 7. The number of rotatable bonds is 5. The van der Waals surface area contributed by atoms with E-state index in [1.165, 1.54) is 0 Å². The van der Waals surface area contributed by atoms with E-state index in [-0.39, 0.29) is 12.0 Å². The second-order valence-electron chi connectivity index (χ2n) is 8.67. The maximum atomic E-state index is 12.4. The van der Waals surface area contributed by atoms with E-state index >= 15 is 0 Å². The zero-order chi connectivity index (χ0) is 21.8. The number of nitrogens with one attached hydrogen (secondary N) is 1. The molecule has 1 aliphatic carbocycles. The van der Waals surface area contributed by atoms with Gasteiger partial charge in [0.2, 0.25) is 5.91 Å². The van der Waals surface area contributed by atoms with Crippen LogP contribution in [-0.4, -0.2) is 64.2 Å². The van der Waals surface area contributed by atoms with Gasteiger partial charge in [0, 0.05) is 55.8 Å². The van der Waals surface area contributed by atoms with Crippen LogP contribution in [0.1, 0.15) is 26.2 Å². The van der Waals surface area contributed by atoms with Gasteiger partial charge in [-0.15, -0.1) is 0 Å². The Morgan fingerprint density at radius 3 is 2.84 bits per heavy atom. The van der Waals surface area contributed by atoms with E-state index in [1.807, 2.05) is 24.3 Å². The third-order valence-electron chi connectivity index (χ3n) is 6.45. The Balaban J connectivity index is 1.34. The first-order valence-electron chi connectivity index (χ1n) is 11.2. The molecule has 1 N–H and O–H groups in total. The number of imidazole rings is 1. The maximum Gasteiger partial charge on any atom is 0.225 e. The van der Waals surface area contributed by atoms with Crippen LogP contribution >= 0.6 is 0 Å². The summed E-state index contributed by atoms with van der Waals surface area (Å²) in [5, 5.41) is 8.78. The van der Waals surface area contributed by atoms with Gasteiger partial charge in [-0.05, 0) is 32.3 Å². The number of pyridine rings is 1. The van der Waals surface area contributed by atoms with Crippen molar-refractivity contribution in [3.8, 4) is 11.4 Å². The molecule has 1 saturated carbocycles. The average Bonchev–Trinajstić information content (AvgIpc) is 3.26. The first-order chi connectivity index (χ1) is 15.6. The Morgan fingerprint density at radius 2 is 2.03 bits per heavy atom. The maximum absolute atomic E-state index is 12.4. The third-order valence-corrected chi connectivity index (χ3v) is 6.45. The van der Waals surface area contributed by atoms with Crippen LogP contribution in [0.3, 0.4) is 0 Å². The summed E-state index contributed by atoms with van der Waals surface area (Å²) in [6.07, 6.45) is 8.20. The van der Waals surface area contributed by atoms with Crippen LogP contribution in [0.4, 0.5) is 5.82 Å².